The van der Waals surface area contributed by atoms with Crippen LogP contribution in [0.4, 0.5) is 5.69 Å². The molecule has 3 N–H and O–H groups in total. The average Bonchev–Trinajstić information content (AvgIpc) is 2.96. The molecule has 3 aromatic rings. The largest absolute Gasteiger partial charge is 0.366 e. The van der Waals surface area contributed by atoms with Gasteiger partial charge in [-0.2, -0.15) is 0 Å². The molecule has 0 saturated carbocycles. The van der Waals surface area contributed by atoms with E-state index in [4.69, 9.17) is 5.73 Å². The van der Waals surface area contributed by atoms with Crippen molar-refractivity contribution >= 4 is 28.8 Å². The van der Waals surface area contributed by atoms with E-state index in [9.17, 15) is 9.59 Å². The highest BCUT2D eigenvalue weighted by atomic mass is 32.1. The normalized spacial score (nSPS) is 10.4. The van der Waals surface area contributed by atoms with Crippen LogP contribution < -0.4 is 11.1 Å². The van der Waals surface area contributed by atoms with Gasteiger partial charge in [-0.1, -0.05) is 42.5 Å². The Morgan fingerprint density at radius 3 is 2.48 bits per heavy atom. The van der Waals surface area contributed by atoms with Crippen LogP contribution in [0.1, 0.15) is 20.9 Å². The average molecular weight is 351 g/mol. The maximum absolute atomic E-state index is 12.4. The first-order valence-electron chi connectivity index (χ1n) is 7.75. The molecule has 0 aliphatic heterocycles. The quantitative estimate of drug-likeness (QED) is 0.739. The maximum Gasteiger partial charge on any atom is 0.250 e. The number of anilines is 1. The van der Waals surface area contributed by atoms with Crippen molar-refractivity contribution in [1.29, 1.82) is 0 Å². The van der Waals surface area contributed by atoms with Gasteiger partial charge in [-0.15, -0.1) is 11.3 Å². The third-order valence-electron chi connectivity index (χ3n) is 3.70. The summed E-state index contributed by atoms with van der Waals surface area (Å²) < 4.78 is 0. The third-order valence-corrected chi connectivity index (χ3v) is 4.91. The topological polar surface area (TPSA) is 85.1 Å². The molecule has 0 fully saturated rings. The highest BCUT2D eigenvalue weighted by Crippen LogP contribution is 2.28. The lowest BCUT2D eigenvalue weighted by molar-refractivity contribution is -0.115. The van der Waals surface area contributed by atoms with Crippen molar-refractivity contribution in [3.05, 3.63) is 70.7 Å². The molecule has 126 valence electrons. The van der Waals surface area contributed by atoms with Gasteiger partial charge in [-0.05, 0) is 19.1 Å². The second kappa shape index (κ2) is 7.27. The molecular formula is C19H17N3O2S. The van der Waals surface area contributed by atoms with Crippen LogP contribution in [-0.4, -0.2) is 16.8 Å². The Hall–Kier alpha value is -2.99. The summed E-state index contributed by atoms with van der Waals surface area (Å²) in [7, 11) is 0. The molecule has 0 aliphatic carbocycles. The van der Waals surface area contributed by atoms with Crippen LogP contribution >= 0.6 is 11.3 Å². The van der Waals surface area contributed by atoms with Crippen molar-refractivity contribution in [1.82, 2.24) is 4.98 Å². The Kier molecular flexibility index (Phi) is 4.90. The summed E-state index contributed by atoms with van der Waals surface area (Å²) in [6.45, 7) is 1.89. The standard InChI is InChI=1S/C19H17N3O2S/c1-12-16(25-19(21-12)13-7-3-2-4-8-13)11-17(23)22-15-10-6-5-9-14(15)18(20)24/h2-10H,11H2,1H3,(H2,20,24)(H,22,23). The Morgan fingerprint density at radius 1 is 1.08 bits per heavy atom. The fraction of sp³-hybridized carbons (Fsp3) is 0.105. The predicted molar refractivity (Wildman–Crippen MR) is 99.6 cm³/mol. The second-order valence-corrected chi connectivity index (χ2v) is 6.61. The third kappa shape index (κ3) is 3.92. The molecule has 0 radical (unpaired) electrons. The van der Waals surface area contributed by atoms with E-state index in [0.29, 0.717) is 11.3 Å². The molecule has 25 heavy (non-hydrogen) atoms. The molecule has 6 heteroatoms. The number of benzene rings is 2. The zero-order valence-corrected chi connectivity index (χ0v) is 14.5. The van der Waals surface area contributed by atoms with E-state index in [-0.39, 0.29) is 12.3 Å². The van der Waals surface area contributed by atoms with Crippen LogP contribution in [0.2, 0.25) is 0 Å². The maximum atomic E-state index is 12.4. The number of aromatic nitrogens is 1. The van der Waals surface area contributed by atoms with Crippen molar-refractivity contribution in [2.75, 3.05) is 5.32 Å². The number of thiazole rings is 1. The number of nitrogens with one attached hydrogen (secondary N) is 1. The zero-order chi connectivity index (χ0) is 17.8. The van der Waals surface area contributed by atoms with Gasteiger partial charge < -0.3 is 11.1 Å². The van der Waals surface area contributed by atoms with E-state index in [1.807, 2.05) is 37.3 Å². The van der Waals surface area contributed by atoms with Gasteiger partial charge in [0, 0.05) is 10.4 Å². The first-order chi connectivity index (χ1) is 12.0. The second-order valence-electron chi connectivity index (χ2n) is 5.53. The van der Waals surface area contributed by atoms with Crippen LogP contribution in [0.25, 0.3) is 10.6 Å². The number of carbonyl (C=O) groups is 2. The smallest absolute Gasteiger partial charge is 0.250 e. The minimum Gasteiger partial charge on any atom is -0.366 e. The number of nitrogens with two attached hydrogens (primary N) is 1. The van der Waals surface area contributed by atoms with E-state index in [2.05, 4.69) is 10.3 Å². The lowest BCUT2D eigenvalue weighted by atomic mass is 10.1. The molecule has 0 unspecified atom stereocenters. The van der Waals surface area contributed by atoms with Crippen molar-refractivity contribution < 1.29 is 9.59 Å². The molecular weight excluding hydrogens is 334 g/mol. The minimum atomic E-state index is -0.573. The lowest BCUT2D eigenvalue weighted by Gasteiger charge is -2.08. The minimum absolute atomic E-state index is 0.198. The number of primary amides is 1. The fourth-order valence-electron chi connectivity index (χ4n) is 2.44. The van der Waals surface area contributed by atoms with Gasteiger partial charge in [0.25, 0.3) is 5.91 Å². The molecule has 3 rings (SSSR count). The molecule has 1 heterocycles. The number of para-hydroxylation sites is 1. The van der Waals surface area contributed by atoms with Gasteiger partial charge in [0.05, 0.1) is 23.4 Å². The van der Waals surface area contributed by atoms with Gasteiger partial charge in [-0.25, -0.2) is 4.98 Å². The molecule has 0 bridgehead atoms. The van der Waals surface area contributed by atoms with E-state index < -0.39 is 5.91 Å². The van der Waals surface area contributed by atoms with Gasteiger partial charge in [0.15, 0.2) is 0 Å². The van der Waals surface area contributed by atoms with Crippen LogP contribution in [-0.2, 0) is 11.2 Å². The van der Waals surface area contributed by atoms with E-state index in [0.717, 1.165) is 21.1 Å². The molecule has 0 saturated heterocycles. The van der Waals surface area contributed by atoms with E-state index in [1.54, 1.807) is 24.3 Å². The number of amides is 2. The number of carbonyl (C=O) groups excluding carboxylic acids is 2. The van der Waals surface area contributed by atoms with Crippen LogP contribution in [0.5, 0.6) is 0 Å². The van der Waals surface area contributed by atoms with E-state index >= 15 is 0 Å². The van der Waals surface area contributed by atoms with Gasteiger partial charge in [-0.3, -0.25) is 9.59 Å². The molecule has 0 spiro atoms. The zero-order valence-electron chi connectivity index (χ0n) is 13.7. The molecule has 0 atom stereocenters. The molecule has 2 amide bonds. The monoisotopic (exact) mass is 351 g/mol. The highest BCUT2D eigenvalue weighted by Gasteiger charge is 2.15. The summed E-state index contributed by atoms with van der Waals surface area (Å²) in [6.07, 6.45) is 0.198. The Labute approximate surface area is 149 Å². The summed E-state index contributed by atoms with van der Waals surface area (Å²) in [4.78, 5) is 29.3. The Morgan fingerprint density at radius 2 is 1.76 bits per heavy atom. The fourth-order valence-corrected chi connectivity index (χ4v) is 3.51. The summed E-state index contributed by atoms with van der Waals surface area (Å²) in [5.74, 6) is -0.781. The predicted octanol–water partition coefficient (Wildman–Crippen LogP) is 3.40. The summed E-state index contributed by atoms with van der Waals surface area (Å²) in [5, 5.41) is 3.64. The van der Waals surface area contributed by atoms with Crippen LogP contribution in [0, 0.1) is 6.92 Å². The van der Waals surface area contributed by atoms with Crippen LogP contribution in [0.15, 0.2) is 54.6 Å². The van der Waals surface area contributed by atoms with Gasteiger partial charge >= 0.3 is 0 Å². The van der Waals surface area contributed by atoms with Crippen molar-refractivity contribution in [3.8, 4) is 10.6 Å². The highest BCUT2D eigenvalue weighted by molar-refractivity contribution is 7.15. The molecule has 5 nitrogen and oxygen atoms in total. The molecule has 2 aromatic carbocycles. The van der Waals surface area contributed by atoms with Crippen molar-refractivity contribution in [3.63, 3.8) is 0 Å². The number of rotatable bonds is 5. The number of aryl methyl sites for hydroxylation is 1. The first-order valence-corrected chi connectivity index (χ1v) is 8.56. The molecule has 0 aliphatic rings. The number of nitrogens with zero attached hydrogens (tertiary/aromatic N) is 1. The Balaban J connectivity index is 1.76. The summed E-state index contributed by atoms with van der Waals surface area (Å²) in [5.41, 5.74) is 7.92. The number of hydrogen-bond donors (Lipinski definition) is 2. The van der Waals surface area contributed by atoms with E-state index in [1.165, 1.54) is 11.3 Å². The summed E-state index contributed by atoms with van der Waals surface area (Å²) in [6, 6.07) is 16.5. The SMILES string of the molecule is Cc1nc(-c2ccccc2)sc1CC(=O)Nc1ccccc1C(N)=O. The van der Waals surface area contributed by atoms with Gasteiger partial charge in [0.1, 0.15) is 5.01 Å². The lowest BCUT2D eigenvalue weighted by Crippen LogP contribution is -2.19. The molecule has 1 aromatic heterocycles. The first kappa shape index (κ1) is 16.9. The summed E-state index contributed by atoms with van der Waals surface area (Å²) >= 11 is 1.50. The Bertz CT molecular complexity index is 919. The van der Waals surface area contributed by atoms with Crippen LogP contribution in [0.3, 0.4) is 0 Å². The van der Waals surface area contributed by atoms with Crippen molar-refractivity contribution in [2.24, 2.45) is 5.73 Å². The van der Waals surface area contributed by atoms with Crippen molar-refractivity contribution in [2.45, 2.75) is 13.3 Å². The van der Waals surface area contributed by atoms with Gasteiger partial charge in [0.2, 0.25) is 5.91 Å². The number of hydrogen-bond acceptors (Lipinski definition) is 4.